The second-order valence-electron chi connectivity index (χ2n) is 5.39. The van der Waals surface area contributed by atoms with Gasteiger partial charge in [-0.1, -0.05) is 0 Å². The zero-order valence-electron chi connectivity index (χ0n) is 13.1. The van der Waals surface area contributed by atoms with E-state index in [-0.39, 0.29) is 22.3 Å². The summed E-state index contributed by atoms with van der Waals surface area (Å²) < 4.78 is 42.4. The fraction of sp³-hybridized carbons (Fsp3) is 0.125. The van der Waals surface area contributed by atoms with Gasteiger partial charge in [0, 0.05) is 12.3 Å². The summed E-state index contributed by atoms with van der Waals surface area (Å²) in [6.45, 7) is 2.49. The zero-order valence-corrected chi connectivity index (χ0v) is 13.1. The van der Waals surface area contributed by atoms with Crippen molar-refractivity contribution in [3.05, 3.63) is 57.3 Å². The number of nitrogens with zero attached hydrogens (tertiary/aromatic N) is 3. The van der Waals surface area contributed by atoms with Crippen LogP contribution in [0.15, 0.2) is 23.1 Å². The van der Waals surface area contributed by atoms with E-state index >= 15 is 0 Å². The van der Waals surface area contributed by atoms with Crippen molar-refractivity contribution in [2.24, 2.45) is 0 Å². The highest BCUT2D eigenvalue weighted by atomic mass is 19.1. The third-order valence-corrected chi connectivity index (χ3v) is 3.65. The molecule has 0 amide bonds. The van der Waals surface area contributed by atoms with E-state index in [1.807, 2.05) is 0 Å². The summed E-state index contributed by atoms with van der Waals surface area (Å²) in [4.78, 5) is 31.7. The molecule has 9 heteroatoms. The van der Waals surface area contributed by atoms with E-state index < -0.39 is 40.3 Å². The molecular formula is C16H11F3N4O2. The van der Waals surface area contributed by atoms with E-state index in [1.54, 1.807) is 0 Å². The maximum Gasteiger partial charge on any atom is 0.201 e. The molecule has 0 aliphatic heterocycles. The molecule has 0 saturated carbocycles. The van der Waals surface area contributed by atoms with E-state index in [2.05, 4.69) is 9.97 Å². The number of nitrogens with two attached hydrogens (primary N) is 1. The predicted molar refractivity (Wildman–Crippen MR) is 84.2 cm³/mol. The van der Waals surface area contributed by atoms with Crippen LogP contribution in [0.5, 0.6) is 0 Å². The van der Waals surface area contributed by atoms with Crippen LogP contribution in [-0.2, 0) is 0 Å². The Bertz CT molecular complexity index is 1110. The van der Waals surface area contributed by atoms with Gasteiger partial charge in [0.05, 0.1) is 16.6 Å². The lowest BCUT2D eigenvalue weighted by atomic mass is 10.1. The zero-order chi connectivity index (χ0) is 18.5. The van der Waals surface area contributed by atoms with Crippen molar-refractivity contribution in [3.8, 4) is 5.82 Å². The Hall–Kier alpha value is -3.23. The molecule has 6 nitrogen and oxygen atoms in total. The van der Waals surface area contributed by atoms with Gasteiger partial charge in [0.15, 0.2) is 29.1 Å². The molecule has 0 atom stereocenters. The van der Waals surface area contributed by atoms with E-state index in [4.69, 9.17) is 5.73 Å². The van der Waals surface area contributed by atoms with Crippen molar-refractivity contribution in [3.63, 3.8) is 0 Å². The molecule has 0 unspecified atom stereocenters. The molecule has 0 spiro atoms. The van der Waals surface area contributed by atoms with Gasteiger partial charge >= 0.3 is 0 Å². The predicted octanol–water partition coefficient (Wildman–Crippen LogP) is 2.29. The molecule has 0 fully saturated rings. The number of pyridine rings is 3. The van der Waals surface area contributed by atoms with Crippen molar-refractivity contribution in [2.45, 2.75) is 13.8 Å². The summed E-state index contributed by atoms with van der Waals surface area (Å²) in [5, 5.41) is -0.236. The van der Waals surface area contributed by atoms with Crippen LogP contribution in [0, 0.1) is 24.4 Å². The van der Waals surface area contributed by atoms with Crippen LogP contribution in [0.1, 0.15) is 23.0 Å². The summed E-state index contributed by atoms with van der Waals surface area (Å²) in [7, 11) is 0. The second-order valence-corrected chi connectivity index (χ2v) is 5.39. The standard InChI is InChI=1S/C16H11F3N4O2/c1-6-10(17)3-8-13(25)9(7(2)24)5-23(15(8)21-6)16-12(19)4-11(18)14(20)22-16/h3-5H,1-2H3,(H2,20,22). The summed E-state index contributed by atoms with van der Waals surface area (Å²) in [5.74, 6) is -4.57. The highest BCUT2D eigenvalue weighted by Gasteiger charge is 2.20. The van der Waals surface area contributed by atoms with Crippen molar-refractivity contribution in [1.29, 1.82) is 0 Å². The lowest BCUT2D eigenvalue weighted by Gasteiger charge is -2.13. The Morgan fingerprint density at radius 2 is 1.80 bits per heavy atom. The first-order chi connectivity index (χ1) is 11.7. The molecule has 2 N–H and O–H groups in total. The van der Waals surface area contributed by atoms with Crippen LogP contribution >= 0.6 is 0 Å². The molecule has 0 bridgehead atoms. The average molecular weight is 348 g/mol. The molecule has 0 aliphatic carbocycles. The molecule has 128 valence electrons. The van der Waals surface area contributed by atoms with Crippen molar-refractivity contribution < 1.29 is 18.0 Å². The number of hydrogen-bond donors (Lipinski definition) is 1. The number of carbonyl (C=O) groups is 1. The number of carbonyl (C=O) groups excluding carboxylic acids is 1. The SMILES string of the molecule is CC(=O)c1cn(-c2nc(N)c(F)cc2F)c2nc(C)c(F)cc2c1=O. The number of fused-ring (bicyclic) bond motifs is 1. The molecule has 3 heterocycles. The Labute approximate surface area is 138 Å². The third-order valence-electron chi connectivity index (χ3n) is 3.65. The summed E-state index contributed by atoms with van der Waals surface area (Å²) >= 11 is 0. The molecule has 3 aromatic rings. The smallest absolute Gasteiger partial charge is 0.201 e. The number of ketones is 1. The van der Waals surface area contributed by atoms with E-state index in [1.165, 1.54) is 6.92 Å². The van der Waals surface area contributed by atoms with E-state index in [9.17, 15) is 22.8 Å². The van der Waals surface area contributed by atoms with Crippen LogP contribution in [0.4, 0.5) is 19.0 Å². The molecule has 3 aromatic heterocycles. The molecule has 25 heavy (non-hydrogen) atoms. The minimum absolute atomic E-state index is 0.0493. The Kier molecular flexibility index (Phi) is 3.78. The van der Waals surface area contributed by atoms with Gasteiger partial charge in [-0.2, -0.15) is 0 Å². The monoisotopic (exact) mass is 348 g/mol. The largest absolute Gasteiger partial charge is 0.381 e. The van der Waals surface area contributed by atoms with Crippen LogP contribution in [0.25, 0.3) is 16.9 Å². The van der Waals surface area contributed by atoms with Crippen LogP contribution < -0.4 is 11.2 Å². The molecule has 0 radical (unpaired) electrons. The number of halogens is 3. The first kappa shape index (κ1) is 16.6. The van der Waals surface area contributed by atoms with E-state index in [0.717, 1.165) is 23.8 Å². The molecule has 0 saturated heterocycles. The first-order valence-corrected chi connectivity index (χ1v) is 7.06. The fourth-order valence-corrected chi connectivity index (χ4v) is 2.36. The van der Waals surface area contributed by atoms with Gasteiger partial charge in [0.2, 0.25) is 5.43 Å². The second kappa shape index (κ2) is 5.69. The maximum atomic E-state index is 14.2. The van der Waals surface area contributed by atoms with Gasteiger partial charge in [-0.25, -0.2) is 23.1 Å². The Morgan fingerprint density at radius 1 is 1.12 bits per heavy atom. The molecule has 0 aliphatic rings. The Balaban J connectivity index is 2.52. The Morgan fingerprint density at radius 3 is 2.44 bits per heavy atom. The molecule has 0 aromatic carbocycles. The fourth-order valence-electron chi connectivity index (χ4n) is 2.36. The van der Waals surface area contributed by atoms with Crippen LogP contribution in [0.3, 0.4) is 0 Å². The maximum absolute atomic E-state index is 14.2. The molecular weight excluding hydrogens is 337 g/mol. The number of Topliss-reactive ketones (excluding diaryl/α,β-unsaturated/α-hetero) is 1. The topological polar surface area (TPSA) is 90.9 Å². The summed E-state index contributed by atoms with van der Waals surface area (Å²) in [6.07, 6.45) is 1.03. The van der Waals surface area contributed by atoms with Gasteiger partial charge in [0.25, 0.3) is 0 Å². The van der Waals surface area contributed by atoms with Crippen LogP contribution in [-0.4, -0.2) is 20.3 Å². The highest BCUT2D eigenvalue weighted by molar-refractivity contribution is 5.97. The number of aromatic nitrogens is 3. The normalized spacial score (nSPS) is 11.1. The van der Waals surface area contributed by atoms with Gasteiger partial charge in [-0.05, 0) is 19.9 Å². The van der Waals surface area contributed by atoms with Crippen molar-refractivity contribution >= 4 is 22.6 Å². The number of anilines is 1. The van der Waals surface area contributed by atoms with Gasteiger partial charge in [0.1, 0.15) is 11.5 Å². The molecule has 3 rings (SSSR count). The van der Waals surface area contributed by atoms with Crippen molar-refractivity contribution in [1.82, 2.24) is 14.5 Å². The first-order valence-electron chi connectivity index (χ1n) is 7.06. The quantitative estimate of drug-likeness (QED) is 0.718. The van der Waals surface area contributed by atoms with Gasteiger partial charge < -0.3 is 5.73 Å². The minimum Gasteiger partial charge on any atom is -0.381 e. The number of hydrogen-bond acceptors (Lipinski definition) is 5. The highest BCUT2D eigenvalue weighted by Crippen LogP contribution is 2.21. The van der Waals surface area contributed by atoms with Gasteiger partial charge in [-0.3, -0.25) is 14.2 Å². The van der Waals surface area contributed by atoms with Crippen LogP contribution in [0.2, 0.25) is 0 Å². The average Bonchev–Trinajstić information content (AvgIpc) is 2.53. The van der Waals surface area contributed by atoms with Gasteiger partial charge in [-0.15, -0.1) is 0 Å². The third kappa shape index (κ3) is 2.63. The van der Waals surface area contributed by atoms with Crippen molar-refractivity contribution in [2.75, 3.05) is 5.73 Å². The van der Waals surface area contributed by atoms with E-state index in [0.29, 0.717) is 6.07 Å². The number of nitrogen functional groups attached to an aromatic ring is 1. The number of aryl methyl sites for hydroxylation is 1. The number of rotatable bonds is 2. The minimum atomic E-state index is -1.09. The lowest BCUT2D eigenvalue weighted by molar-refractivity contribution is 0.101. The summed E-state index contributed by atoms with van der Waals surface area (Å²) in [6, 6.07) is 1.43. The lowest BCUT2D eigenvalue weighted by Crippen LogP contribution is -2.20. The summed E-state index contributed by atoms with van der Waals surface area (Å²) in [5.41, 5.74) is 4.13.